The van der Waals surface area contributed by atoms with Crippen LogP contribution in [0.2, 0.25) is 0 Å². The molecular formula is C12H10N2OS. The quantitative estimate of drug-likeness (QED) is 0.755. The van der Waals surface area contributed by atoms with Gasteiger partial charge in [-0.3, -0.25) is 9.36 Å². The molecule has 1 aromatic carbocycles. The number of benzene rings is 1. The molecule has 1 aliphatic heterocycles. The van der Waals surface area contributed by atoms with Crippen LogP contribution in [-0.2, 0) is 0 Å². The number of fused-ring (bicyclic) bond motifs is 1. The maximum Gasteiger partial charge on any atom is 0.243 e. The van der Waals surface area contributed by atoms with E-state index in [2.05, 4.69) is 18.0 Å². The highest BCUT2D eigenvalue weighted by Crippen LogP contribution is 2.30. The first-order valence-electron chi connectivity index (χ1n) is 5.07. The Hall–Kier alpha value is -1.55. The fourth-order valence-corrected chi connectivity index (χ4v) is 2.68. The van der Waals surface area contributed by atoms with Crippen LogP contribution >= 0.6 is 11.8 Å². The second kappa shape index (κ2) is 3.49. The summed E-state index contributed by atoms with van der Waals surface area (Å²) in [5.74, 6) is 0.628. The van der Waals surface area contributed by atoms with Gasteiger partial charge in [0.25, 0.3) is 0 Å². The molecule has 0 radical (unpaired) electrons. The first-order valence-corrected chi connectivity index (χ1v) is 6.05. The van der Waals surface area contributed by atoms with Crippen LogP contribution in [0.5, 0.6) is 0 Å². The minimum atomic E-state index is 0.118. The summed E-state index contributed by atoms with van der Waals surface area (Å²) in [6, 6.07) is 8.07. The van der Waals surface area contributed by atoms with Gasteiger partial charge in [0.05, 0.1) is 11.4 Å². The number of aromatic nitrogens is 2. The Morgan fingerprint density at radius 1 is 1.38 bits per heavy atom. The minimum absolute atomic E-state index is 0.118. The van der Waals surface area contributed by atoms with E-state index in [0.29, 0.717) is 5.75 Å². The predicted octanol–water partition coefficient (Wildman–Crippen LogP) is 2.60. The number of imidazole rings is 1. The van der Waals surface area contributed by atoms with Crippen molar-refractivity contribution in [1.82, 2.24) is 9.55 Å². The molecule has 80 valence electrons. The van der Waals surface area contributed by atoms with E-state index in [-0.39, 0.29) is 5.91 Å². The van der Waals surface area contributed by atoms with E-state index in [0.717, 1.165) is 16.4 Å². The van der Waals surface area contributed by atoms with Crippen molar-refractivity contribution in [3.05, 3.63) is 36.0 Å². The van der Waals surface area contributed by atoms with Crippen LogP contribution in [0, 0.1) is 6.92 Å². The monoisotopic (exact) mass is 230 g/mol. The van der Waals surface area contributed by atoms with Gasteiger partial charge in [0, 0.05) is 11.8 Å². The summed E-state index contributed by atoms with van der Waals surface area (Å²) in [4.78, 5) is 16.0. The van der Waals surface area contributed by atoms with E-state index in [1.807, 2.05) is 24.4 Å². The first kappa shape index (κ1) is 9.66. The molecule has 0 N–H and O–H groups in total. The lowest BCUT2D eigenvalue weighted by Crippen LogP contribution is -2.04. The highest BCUT2D eigenvalue weighted by atomic mass is 32.2. The lowest BCUT2D eigenvalue weighted by molar-refractivity contribution is 0.0939. The van der Waals surface area contributed by atoms with E-state index >= 15 is 0 Å². The third-order valence-electron chi connectivity index (χ3n) is 2.69. The standard InChI is InChI=1S/C12H10N2OS/c1-8-4-2-3-5-9(8)10-6-14-11(15)7-16-12(14)13-10/h2-6H,7H2,1H3. The van der Waals surface area contributed by atoms with Crippen LogP contribution in [0.15, 0.2) is 35.6 Å². The third kappa shape index (κ3) is 1.38. The van der Waals surface area contributed by atoms with Crippen LogP contribution in [-0.4, -0.2) is 21.2 Å². The van der Waals surface area contributed by atoms with Gasteiger partial charge in [0.15, 0.2) is 5.16 Å². The number of rotatable bonds is 1. The van der Waals surface area contributed by atoms with E-state index in [1.54, 1.807) is 4.57 Å². The van der Waals surface area contributed by atoms with E-state index in [9.17, 15) is 4.79 Å². The molecule has 0 fully saturated rings. The molecule has 0 amide bonds. The highest BCUT2D eigenvalue weighted by Gasteiger charge is 2.22. The lowest BCUT2D eigenvalue weighted by Gasteiger charge is -2.00. The molecule has 3 rings (SSSR count). The average Bonchev–Trinajstić information content (AvgIpc) is 2.82. The van der Waals surface area contributed by atoms with Gasteiger partial charge < -0.3 is 0 Å². The Balaban J connectivity index is 2.12. The Kier molecular flexibility index (Phi) is 2.11. The molecule has 4 heteroatoms. The Morgan fingerprint density at radius 2 is 2.19 bits per heavy atom. The summed E-state index contributed by atoms with van der Waals surface area (Å²) in [6.45, 7) is 2.05. The van der Waals surface area contributed by atoms with Gasteiger partial charge in [0.2, 0.25) is 5.91 Å². The smallest absolute Gasteiger partial charge is 0.243 e. The van der Waals surface area contributed by atoms with Crippen molar-refractivity contribution in [1.29, 1.82) is 0 Å². The zero-order valence-electron chi connectivity index (χ0n) is 8.80. The number of carbonyl (C=O) groups is 1. The summed E-state index contributed by atoms with van der Waals surface area (Å²) >= 11 is 1.50. The van der Waals surface area contributed by atoms with Crippen LogP contribution in [0.4, 0.5) is 0 Å². The molecule has 0 saturated carbocycles. The molecule has 0 unspecified atom stereocenters. The number of aryl methyl sites for hydroxylation is 1. The summed E-state index contributed by atoms with van der Waals surface area (Å²) in [6.07, 6.45) is 1.83. The molecule has 1 aromatic heterocycles. The molecule has 0 atom stereocenters. The zero-order valence-corrected chi connectivity index (χ0v) is 9.62. The van der Waals surface area contributed by atoms with Crippen molar-refractivity contribution in [2.24, 2.45) is 0 Å². The molecule has 0 bridgehead atoms. The Morgan fingerprint density at radius 3 is 2.94 bits per heavy atom. The molecule has 3 nitrogen and oxygen atoms in total. The number of hydrogen-bond acceptors (Lipinski definition) is 3. The fourth-order valence-electron chi connectivity index (χ4n) is 1.83. The van der Waals surface area contributed by atoms with E-state index < -0.39 is 0 Å². The molecular weight excluding hydrogens is 220 g/mol. The van der Waals surface area contributed by atoms with Crippen LogP contribution in [0.1, 0.15) is 10.4 Å². The van der Waals surface area contributed by atoms with Crippen molar-refractivity contribution >= 4 is 17.7 Å². The van der Waals surface area contributed by atoms with Gasteiger partial charge in [-0.05, 0) is 12.5 Å². The number of thioether (sulfide) groups is 1. The van der Waals surface area contributed by atoms with Crippen LogP contribution in [0.25, 0.3) is 11.3 Å². The Labute approximate surface area is 97.5 Å². The number of hydrogen-bond donors (Lipinski definition) is 0. The van der Waals surface area contributed by atoms with Crippen molar-refractivity contribution in [2.75, 3.05) is 5.75 Å². The molecule has 2 heterocycles. The zero-order chi connectivity index (χ0) is 11.1. The molecule has 0 spiro atoms. The molecule has 0 aliphatic carbocycles. The van der Waals surface area contributed by atoms with Gasteiger partial charge in [-0.25, -0.2) is 4.98 Å². The fraction of sp³-hybridized carbons (Fsp3) is 0.167. The van der Waals surface area contributed by atoms with Gasteiger partial charge in [0.1, 0.15) is 0 Å². The van der Waals surface area contributed by atoms with Crippen molar-refractivity contribution < 1.29 is 4.79 Å². The Bertz CT molecular complexity index is 574. The highest BCUT2D eigenvalue weighted by molar-refractivity contribution is 8.00. The molecule has 2 aromatic rings. The summed E-state index contributed by atoms with van der Waals surface area (Å²) in [5.41, 5.74) is 3.16. The summed E-state index contributed by atoms with van der Waals surface area (Å²) < 4.78 is 1.65. The maximum atomic E-state index is 11.5. The minimum Gasteiger partial charge on any atom is -0.273 e. The van der Waals surface area contributed by atoms with Gasteiger partial charge in [-0.1, -0.05) is 36.0 Å². The van der Waals surface area contributed by atoms with Crippen LogP contribution in [0.3, 0.4) is 0 Å². The van der Waals surface area contributed by atoms with Crippen molar-refractivity contribution in [2.45, 2.75) is 12.1 Å². The van der Waals surface area contributed by atoms with Crippen molar-refractivity contribution in [3.8, 4) is 11.3 Å². The number of nitrogens with zero attached hydrogens (tertiary/aromatic N) is 2. The normalized spacial score (nSPS) is 14.2. The van der Waals surface area contributed by atoms with Crippen molar-refractivity contribution in [3.63, 3.8) is 0 Å². The molecule has 1 aliphatic rings. The summed E-state index contributed by atoms with van der Waals surface area (Å²) in [7, 11) is 0. The molecule has 0 saturated heterocycles. The summed E-state index contributed by atoms with van der Waals surface area (Å²) in [5, 5.41) is 0.809. The maximum absolute atomic E-state index is 11.5. The second-order valence-electron chi connectivity index (χ2n) is 3.78. The average molecular weight is 230 g/mol. The lowest BCUT2D eigenvalue weighted by atomic mass is 10.1. The predicted molar refractivity (Wildman–Crippen MR) is 63.8 cm³/mol. The van der Waals surface area contributed by atoms with Crippen LogP contribution < -0.4 is 0 Å². The topological polar surface area (TPSA) is 34.9 Å². The van der Waals surface area contributed by atoms with E-state index in [4.69, 9.17) is 0 Å². The first-order chi connectivity index (χ1) is 7.75. The molecule has 16 heavy (non-hydrogen) atoms. The SMILES string of the molecule is Cc1ccccc1-c1cn2c(n1)SCC2=O. The van der Waals surface area contributed by atoms with Gasteiger partial charge in [-0.15, -0.1) is 0 Å². The van der Waals surface area contributed by atoms with E-state index in [1.165, 1.54) is 17.3 Å². The van der Waals surface area contributed by atoms with Gasteiger partial charge >= 0.3 is 0 Å². The van der Waals surface area contributed by atoms with Gasteiger partial charge in [-0.2, -0.15) is 0 Å². The third-order valence-corrected chi connectivity index (χ3v) is 3.63. The largest absolute Gasteiger partial charge is 0.273 e. The second-order valence-corrected chi connectivity index (χ2v) is 4.72. The number of carbonyl (C=O) groups excluding carboxylic acids is 1.